The van der Waals surface area contributed by atoms with Gasteiger partial charge in [0.1, 0.15) is 0 Å². The van der Waals surface area contributed by atoms with Crippen LogP contribution in [0.4, 0.5) is 0 Å². The van der Waals surface area contributed by atoms with E-state index in [0.717, 1.165) is 13.0 Å². The summed E-state index contributed by atoms with van der Waals surface area (Å²) in [5.74, 6) is 0. The molecule has 0 unspecified atom stereocenters. The van der Waals surface area contributed by atoms with E-state index in [1.54, 1.807) is 0 Å². The summed E-state index contributed by atoms with van der Waals surface area (Å²) in [5.41, 5.74) is 1.37. The minimum Gasteiger partial charge on any atom is -0.384 e. The molecule has 0 aromatic heterocycles. The van der Waals surface area contributed by atoms with Crippen molar-refractivity contribution in [3.05, 3.63) is 34.7 Å². The molecule has 0 amide bonds. The Morgan fingerprint density at radius 1 is 1.33 bits per heavy atom. The molecule has 1 heterocycles. The fourth-order valence-electron chi connectivity index (χ4n) is 1.64. The van der Waals surface area contributed by atoms with Gasteiger partial charge in [-0.15, -0.1) is 0 Å². The van der Waals surface area contributed by atoms with E-state index in [-0.39, 0.29) is 0 Å². The lowest BCUT2D eigenvalue weighted by Gasteiger charge is -2.11. The average molecular weight is 159 g/mol. The fraction of sp³-hybridized carbons (Fsp3) is 0.273. The van der Waals surface area contributed by atoms with Crippen LogP contribution in [0.25, 0.3) is 11.8 Å². The van der Waals surface area contributed by atoms with E-state index in [4.69, 9.17) is 0 Å². The van der Waals surface area contributed by atoms with Crippen molar-refractivity contribution in [2.24, 2.45) is 0 Å². The van der Waals surface area contributed by atoms with Crippen molar-refractivity contribution in [2.75, 3.05) is 6.54 Å². The first-order valence-corrected chi connectivity index (χ1v) is 4.44. The summed E-state index contributed by atoms with van der Waals surface area (Å²) in [6.45, 7) is 3.16. The van der Waals surface area contributed by atoms with E-state index >= 15 is 0 Å². The van der Waals surface area contributed by atoms with E-state index in [9.17, 15) is 0 Å². The van der Waals surface area contributed by atoms with E-state index in [1.807, 2.05) is 0 Å². The Hall–Kier alpha value is -1.24. The maximum atomic E-state index is 3.39. The molecule has 0 fully saturated rings. The van der Waals surface area contributed by atoms with E-state index in [0.29, 0.717) is 0 Å². The van der Waals surface area contributed by atoms with Gasteiger partial charge in [0.25, 0.3) is 0 Å². The molecule has 1 heteroatoms. The van der Waals surface area contributed by atoms with Gasteiger partial charge in [-0.1, -0.05) is 37.3 Å². The van der Waals surface area contributed by atoms with Crippen molar-refractivity contribution in [3.8, 4) is 0 Å². The summed E-state index contributed by atoms with van der Waals surface area (Å²) in [5, 5.41) is 6.12. The minimum atomic E-state index is 0.972. The third kappa shape index (κ3) is 1.11. The van der Waals surface area contributed by atoms with Crippen molar-refractivity contribution >= 4 is 11.8 Å². The van der Waals surface area contributed by atoms with Gasteiger partial charge in [-0.25, -0.2) is 0 Å². The molecule has 0 bridgehead atoms. The highest BCUT2D eigenvalue weighted by molar-refractivity contribution is 5.49. The molecule has 0 atom stereocenters. The first-order valence-electron chi connectivity index (χ1n) is 4.44. The Balaban J connectivity index is 2.78. The molecule has 1 aromatic carbocycles. The van der Waals surface area contributed by atoms with Crippen molar-refractivity contribution in [3.63, 3.8) is 0 Å². The molecule has 1 aliphatic rings. The van der Waals surface area contributed by atoms with Crippen LogP contribution < -0.4 is 15.8 Å². The smallest absolute Gasteiger partial charge is 0.0337 e. The third-order valence-electron chi connectivity index (χ3n) is 2.28. The highest BCUT2D eigenvalue weighted by atomic mass is 14.9. The molecule has 0 spiro atoms. The molecule has 1 nitrogen and oxygen atoms in total. The van der Waals surface area contributed by atoms with Crippen LogP contribution in [-0.4, -0.2) is 6.54 Å². The summed E-state index contributed by atoms with van der Waals surface area (Å²) < 4.78 is 0. The quantitative estimate of drug-likeness (QED) is 0.632. The highest BCUT2D eigenvalue weighted by Gasteiger charge is 1.98. The summed E-state index contributed by atoms with van der Waals surface area (Å²) in [6, 6.07) is 8.53. The molecule has 12 heavy (non-hydrogen) atoms. The number of rotatable bonds is 1. The number of fused-ring (bicyclic) bond motifs is 1. The number of benzene rings is 1. The zero-order valence-corrected chi connectivity index (χ0v) is 7.30. The molecule has 0 saturated heterocycles. The molecular formula is C11H13N. The van der Waals surface area contributed by atoms with Crippen LogP contribution in [0.5, 0.6) is 0 Å². The Kier molecular flexibility index (Phi) is 1.86. The highest BCUT2D eigenvalue weighted by Crippen LogP contribution is 1.94. The zero-order valence-electron chi connectivity index (χ0n) is 7.30. The Bertz CT molecular complexity index is 390. The van der Waals surface area contributed by atoms with Gasteiger partial charge in [-0.05, 0) is 11.6 Å². The monoisotopic (exact) mass is 159 g/mol. The molecular weight excluding hydrogens is 146 g/mol. The van der Waals surface area contributed by atoms with Crippen LogP contribution in [0.3, 0.4) is 0 Å². The summed E-state index contributed by atoms with van der Waals surface area (Å²) in [4.78, 5) is 0. The minimum absolute atomic E-state index is 0.972. The fourth-order valence-corrected chi connectivity index (χ4v) is 1.64. The lowest BCUT2D eigenvalue weighted by molar-refractivity contribution is 0.945. The second-order valence-electron chi connectivity index (χ2n) is 3.00. The van der Waals surface area contributed by atoms with Crippen molar-refractivity contribution in [2.45, 2.75) is 13.3 Å². The molecule has 62 valence electrons. The molecule has 1 aliphatic heterocycles. The Morgan fingerprint density at radius 3 is 3.00 bits per heavy atom. The van der Waals surface area contributed by atoms with Crippen molar-refractivity contribution in [1.82, 2.24) is 5.32 Å². The Labute approximate surface area is 72.4 Å². The predicted molar refractivity (Wildman–Crippen MR) is 51.9 cm³/mol. The van der Waals surface area contributed by atoms with Gasteiger partial charge in [-0.3, -0.25) is 0 Å². The third-order valence-corrected chi connectivity index (χ3v) is 2.28. The predicted octanol–water partition coefficient (Wildman–Crippen LogP) is 0.588. The van der Waals surface area contributed by atoms with Gasteiger partial charge in [0.15, 0.2) is 0 Å². The van der Waals surface area contributed by atoms with Gasteiger partial charge in [0, 0.05) is 17.5 Å². The summed E-state index contributed by atoms with van der Waals surface area (Å²) in [6.07, 6.45) is 3.32. The van der Waals surface area contributed by atoms with Crippen LogP contribution in [-0.2, 0) is 0 Å². The zero-order chi connectivity index (χ0) is 8.39. The van der Waals surface area contributed by atoms with E-state index in [1.165, 1.54) is 16.1 Å². The summed E-state index contributed by atoms with van der Waals surface area (Å²) >= 11 is 0. The van der Waals surface area contributed by atoms with Gasteiger partial charge >= 0.3 is 0 Å². The van der Waals surface area contributed by atoms with Crippen molar-refractivity contribution < 1.29 is 0 Å². The van der Waals surface area contributed by atoms with Gasteiger partial charge in [0.2, 0.25) is 0 Å². The first kappa shape index (κ1) is 7.41. The maximum Gasteiger partial charge on any atom is 0.0337 e. The first-order chi connectivity index (χ1) is 5.92. The van der Waals surface area contributed by atoms with E-state index < -0.39 is 0 Å². The number of hydrogen-bond donors (Lipinski definition) is 1. The Morgan fingerprint density at radius 2 is 2.17 bits per heavy atom. The molecule has 1 N–H and O–H groups in total. The topological polar surface area (TPSA) is 12.0 Å². The van der Waals surface area contributed by atoms with Gasteiger partial charge in [0.05, 0.1) is 0 Å². The SMILES string of the molecule is CCC1=c2ccccc2=CCN1. The van der Waals surface area contributed by atoms with Crippen LogP contribution in [0.15, 0.2) is 24.3 Å². The molecule has 0 saturated carbocycles. The van der Waals surface area contributed by atoms with Crippen LogP contribution in [0.2, 0.25) is 0 Å². The maximum absolute atomic E-state index is 3.39. The molecule has 0 radical (unpaired) electrons. The number of nitrogens with one attached hydrogen (secondary N) is 1. The summed E-state index contributed by atoms with van der Waals surface area (Å²) in [7, 11) is 0. The van der Waals surface area contributed by atoms with Crippen LogP contribution in [0, 0.1) is 0 Å². The second-order valence-corrected chi connectivity index (χ2v) is 3.00. The second kappa shape index (κ2) is 3.02. The van der Waals surface area contributed by atoms with Crippen LogP contribution in [0.1, 0.15) is 13.3 Å². The van der Waals surface area contributed by atoms with Gasteiger partial charge in [-0.2, -0.15) is 0 Å². The molecule has 0 aliphatic carbocycles. The largest absolute Gasteiger partial charge is 0.384 e. The van der Waals surface area contributed by atoms with Crippen molar-refractivity contribution in [1.29, 1.82) is 0 Å². The van der Waals surface area contributed by atoms with Gasteiger partial charge < -0.3 is 5.32 Å². The van der Waals surface area contributed by atoms with E-state index in [2.05, 4.69) is 42.6 Å². The molecule has 2 rings (SSSR count). The standard InChI is InChI=1S/C11H13N/c1-2-11-10-6-4-3-5-9(10)7-8-12-11/h3-7,12H,2,8H2,1H3. The van der Waals surface area contributed by atoms with Crippen LogP contribution >= 0.6 is 0 Å². The lowest BCUT2D eigenvalue weighted by atomic mass is 10.1. The lowest BCUT2D eigenvalue weighted by Crippen LogP contribution is -2.36. The number of hydrogen-bond acceptors (Lipinski definition) is 1. The molecule has 1 aromatic rings. The average Bonchev–Trinajstić information content (AvgIpc) is 2.17. The normalized spacial score (nSPS) is 14.6.